The maximum Gasteiger partial charge on any atom is 0.0721 e. The van der Waals surface area contributed by atoms with E-state index in [1.165, 1.54) is 11.1 Å². The highest BCUT2D eigenvalue weighted by atomic mass is 16.5. The van der Waals surface area contributed by atoms with Gasteiger partial charge in [0.15, 0.2) is 0 Å². The molecule has 2 rings (SSSR count). The van der Waals surface area contributed by atoms with Gasteiger partial charge in [-0.3, -0.25) is 0 Å². The topological polar surface area (TPSA) is 30.5 Å². The summed E-state index contributed by atoms with van der Waals surface area (Å²) >= 11 is 0. The lowest BCUT2D eigenvalue weighted by molar-refractivity contribution is 0.0683. The van der Waals surface area contributed by atoms with Gasteiger partial charge < -0.3 is 14.8 Å². The molecule has 1 aliphatic heterocycles. The second-order valence-electron chi connectivity index (χ2n) is 4.49. The highest BCUT2D eigenvalue weighted by Crippen LogP contribution is 2.24. The first-order valence-electron chi connectivity index (χ1n) is 6.30. The van der Waals surface area contributed by atoms with E-state index < -0.39 is 0 Å². The van der Waals surface area contributed by atoms with Crippen LogP contribution in [-0.2, 0) is 16.1 Å². The molecule has 17 heavy (non-hydrogen) atoms. The summed E-state index contributed by atoms with van der Waals surface area (Å²) in [5.74, 6) is 0. The van der Waals surface area contributed by atoms with E-state index in [1.54, 1.807) is 0 Å². The maximum absolute atomic E-state index is 5.61. The predicted molar refractivity (Wildman–Crippen MR) is 67.9 cm³/mol. The molecule has 0 aromatic heterocycles. The van der Waals surface area contributed by atoms with Crippen molar-refractivity contribution in [3.05, 3.63) is 35.4 Å². The molecule has 1 aliphatic rings. The average Bonchev–Trinajstić information content (AvgIpc) is 2.37. The Kier molecular flexibility index (Phi) is 4.54. The molecule has 0 saturated carbocycles. The zero-order valence-electron chi connectivity index (χ0n) is 10.6. The van der Waals surface area contributed by atoms with E-state index in [0.29, 0.717) is 6.04 Å². The number of rotatable bonds is 5. The minimum Gasteiger partial charge on any atom is -0.380 e. The Bertz CT molecular complexity index is 354. The summed E-state index contributed by atoms with van der Waals surface area (Å²) in [5.41, 5.74) is 2.65. The van der Waals surface area contributed by atoms with E-state index in [2.05, 4.69) is 36.5 Å². The number of nitrogens with one attached hydrogen (secondary N) is 1. The van der Waals surface area contributed by atoms with E-state index >= 15 is 0 Å². The first-order valence-corrected chi connectivity index (χ1v) is 6.30. The van der Waals surface area contributed by atoms with Crippen LogP contribution in [0.3, 0.4) is 0 Å². The smallest absolute Gasteiger partial charge is 0.0721 e. The Labute approximate surface area is 103 Å². The minimum absolute atomic E-state index is 0.287. The molecule has 0 fully saturated rings. The number of hydrogen-bond acceptors (Lipinski definition) is 3. The highest BCUT2D eigenvalue weighted by molar-refractivity contribution is 5.31. The van der Waals surface area contributed by atoms with Crippen LogP contribution in [0.4, 0.5) is 0 Å². The van der Waals surface area contributed by atoms with Gasteiger partial charge in [0, 0.05) is 12.6 Å². The number of hydrogen-bond donors (Lipinski definition) is 1. The third kappa shape index (κ3) is 3.28. The molecular weight excluding hydrogens is 214 g/mol. The van der Waals surface area contributed by atoms with Crippen molar-refractivity contribution in [2.45, 2.75) is 32.5 Å². The van der Waals surface area contributed by atoms with Gasteiger partial charge in [-0.25, -0.2) is 0 Å². The van der Waals surface area contributed by atoms with Crippen LogP contribution < -0.4 is 5.32 Å². The molecule has 0 radical (unpaired) electrons. The molecule has 3 heteroatoms. The Morgan fingerprint density at radius 1 is 1.47 bits per heavy atom. The Morgan fingerprint density at radius 2 is 2.29 bits per heavy atom. The Balaban J connectivity index is 1.98. The summed E-state index contributed by atoms with van der Waals surface area (Å²) in [4.78, 5) is 0. The molecule has 0 amide bonds. The van der Waals surface area contributed by atoms with Crippen molar-refractivity contribution in [2.75, 3.05) is 19.8 Å². The zero-order chi connectivity index (χ0) is 12.1. The van der Waals surface area contributed by atoms with Gasteiger partial charge in [0.1, 0.15) is 0 Å². The highest BCUT2D eigenvalue weighted by Gasteiger charge is 2.21. The van der Waals surface area contributed by atoms with Gasteiger partial charge in [-0.2, -0.15) is 0 Å². The van der Waals surface area contributed by atoms with Gasteiger partial charge in [-0.05, 0) is 25.0 Å². The lowest BCUT2D eigenvalue weighted by Crippen LogP contribution is -2.38. The van der Waals surface area contributed by atoms with E-state index in [9.17, 15) is 0 Å². The van der Waals surface area contributed by atoms with Crippen LogP contribution in [0, 0.1) is 0 Å². The molecule has 0 saturated heterocycles. The third-order valence-corrected chi connectivity index (χ3v) is 3.03. The summed E-state index contributed by atoms with van der Waals surface area (Å²) < 4.78 is 11.0. The second-order valence-corrected chi connectivity index (χ2v) is 4.49. The van der Waals surface area contributed by atoms with E-state index in [-0.39, 0.29) is 6.04 Å². The molecule has 1 heterocycles. The first-order chi connectivity index (χ1) is 8.31. The molecule has 2 atom stereocenters. The SMILES string of the molecule is CCOCC(C)NC1COCc2ccccc21. The fraction of sp³-hybridized carbons (Fsp3) is 0.571. The summed E-state index contributed by atoms with van der Waals surface area (Å²) in [6.07, 6.45) is 0. The molecular formula is C14H21NO2. The van der Waals surface area contributed by atoms with Gasteiger partial charge in [-0.15, -0.1) is 0 Å². The predicted octanol–water partition coefficient (Wildman–Crippen LogP) is 2.27. The molecule has 1 N–H and O–H groups in total. The lowest BCUT2D eigenvalue weighted by atomic mass is 9.98. The summed E-state index contributed by atoms with van der Waals surface area (Å²) in [7, 11) is 0. The van der Waals surface area contributed by atoms with Crippen molar-refractivity contribution in [3.63, 3.8) is 0 Å². The van der Waals surface area contributed by atoms with Gasteiger partial charge in [0.05, 0.1) is 25.9 Å². The number of benzene rings is 1. The van der Waals surface area contributed by atoms with Crippen LogP contribution in [0.15, 0.2) is 24.3 Å². The molecule has 0 aliphatic carbocycles. The van der Waals surface area contributed by atoms with Crippen LogP contribution in [0.5, 0.6) is 0 Å². The average molecular weight is 235 g/mol. The largest absolute Gasteiger partial charge is 0.380 e. The van der Waals surface area contributed by atoms with Crippen LogP contribution in [0.1, 0.15) is 31.0 Å². The normalized spacial score (nSPS) is 20.9. The van der Waals surface area contributed by atoms with Crippen molar-refractivity contribution in [2.24, 2.45) is 0 Å². The van der Waals surface area contributed by atoms with Crippen LogP contribution in [-0.4, -0.2) is 25.9 Å². The minimum atomic E-state index is 0.287. The van der Waals surface area contributed by atoms with Gasteiger partial charge in [-0.1, -0.05) is 24.3 Å². The zero-order valence-corrected chi connectivity index (χ0v) is 10.6. The molecule has 94 valence electrons. The van der Waals surface area contributed by atoms with E-state index in [1.807, 2.05) is 6.92 Å². The number of fused-ring (bicyclic) bond motifs is 1. The van der Waals surface area contributed by atoms with Crippen molar-refractivity contribution in [1.29, 1.82) is 0 Å². The van der Waals surface area contributed by atoms with Crippen LogP contribution in [0.25, 0.3) is 0 Å². The van der Waals surface area contributed by atoms with Crippen molar-refractivity contribution < 1.29 is 9.47 Å². The van der Waals surface area contributed by atoms with Gasteiger partial charge >= 0.3 is 0 Å². The first kappa shape index (κ1) is 12.6. The van der Waals surface area contributed by atoms with E-state index in [4.69, 9.17) is 9.47 Å². The monoisotopic (exact) mass is 235 g/mol. The third-order valence-electron chi connectivity index (χ3n) is 3.03. The summed E-state index contributed by atoms with van der Waals surface area (Å²) in [5, 5.41) is 3.56. The fourth-order valence-corrected chi connectivity index (χ4v) is 2.21. The standard InChI is InChI=1S/C14H21NO2/c1-3-16-8-11(2)15-14-10-17-9-12-6-4-5-7-13(12)14/h4-7,11,14-15H,3,8-10H2,1-2H3. The quantitative estimate of drug-likeness (QED) is 0.849. The lowest BCUT2D eigenvalue weighted by Gasteiger charge is -2.29. The van der Waals surface area contributed by atoms with Gasteiger partial charge in [0.2, 0.25) is 0 Å². The maximum atomic E-state index is 5.61. The van der Waals surface area contributed by atoms with Gasteiger partial charge in [0.25, 0.3) is 0 Å². The molecule has 0 bridgehead atoms. The second kappa shape index (κ2) is 6.15. The molecule has 0 spiro atoms. The molecule has 2 unspecified atom stereocenters. The Morgan fingerprint density at radius 3 is 3.12 bits per heavy atom. The molecule has 1 aromatic carbocycles. The van der Waals surface area contributed by atoms with Crippen molar-refractivity contribution in [1.82, 2.24) is 5.32 Å². The molecule has 1 aromatic rings. The fourth-order valence-electron chi connectivity index (χ4n) is 2.21. The molecule has 3 nitrogen and oxygen atoms in total. The van der Waals surface area contributed by atoms with Crippen molar-refractivity contribution in [3.8, 4) is 0 Å². The summed E-state index contributed by atoms with van der Waals surface area (Å²) in [6.45, 7) is 7.15. The van der Waals surface area contributed by atoms with Crippen LogP contribution in [0.2, 0.25) is 0 Å². The summed E-state index contributed by atoms with van der Waals surface area (Å²) in [6, 6.07) is 9.10. The van der Waals surface area contributed by atoms with Crippen molar-refractivity contribution >= 4 is 0 Å². The Hall–Kier alpha value is -0.900. The van der Waals surface area contributed by atoms with E-state index in [0.717, 1.165) is 26.4 Å². The number of ether oxygens (including phenoxy) is 2. The van der Waals surface area contributed by atoms with Crippen LogP contribution >= 0.6 is 0 Å².